The minimum absolute atomic E-state index is 0.0118. The third-order valence-corrected chi connectivity index (χ3v) is 7.59. The molecular formula is C24H24N4O3S2. The van der Waals surface area contributed by atoms with Crippen LogP contribution in [0.15, 0.2) is 77.7 Å². The highest BCUT2D eigenvalue weighted by atomic mass is 32.2. The number of hydrogen-bond acceptors (Lipinski definition) is 6. The van der Waals surface area contributed by atoms with E-state index in [1.807, 2.05) is 23.1 Å². The van der Waals surface area contributed by atoms with E-state index in [1.54, 1.807) is 66.4 Å². The number of thioether (sulfide) groups is 1. The number of carbonyl (C=O) groups is 1. The molecule has 33 heavy (non-hydrogen) atoms. The Labute approximate surface area is 197 Å². The van der Waals surface area contributed by atoms with Crippen LogP contribution in [0.3, 0.4) is 0 Å². The SMILES string of the molecule is CS(=O)(=O)c1ccccc1-c1ccc(NC(=O)C2CSCN2c2cccc(C(=N)N)c2)cc1. The minimum Gasteiger partial charge on any atom is -0.384 e. The Morgan fingerprint density at radius 2 is 1.82 bits per heavy atom. The summed E-state index contributed by atoms with van der Waals surface area (Å²) in [5.74, 6) is 1.18. The van der Waals surface area contributed by atoms with Crippen molar-refractivity contribution >= 4 is 44.7 Å². The van der Waals surface area contributed by atoms with Crippen molar-refractivity contribution in [3.8, 4) is 11.1 Å². The number of anilines is 2. The number of amidine groups is 1. The van der Waals surface area contributed by atoms with Gasteiger partial charge < -0.3 is 16.0 Å². The Balaban J connectivity index is 1.52. The van der Waals surface area contributed by atoms with Crippen molar-refractivity contribution in [3.05, 3.63) is 78.4 Å². The Hall–Kier alpha value is -3.30. The van der Waals surface area contributed by atoms with Crippen LogP contribution < -0.4 is 16.0 Å². The lowest BCUT2D eigenvalue weighted by Crippen LogP contribution is -2.41. The first-order valence-corrected chi connectivity index (χ1v) is 13.3. The number of benzene rings is 3. The first-order valence-electron chi connectivity index (χ1n) is 10.2. The topological polar surface area (TPSA) is 116 Å². The first kappa shape index (κ1) is 22.9. The molecule has 1 saturated heterocycles. The molecule has 1 heterocycles. The number of hydrogen-bond donors (Lipinski definition) is 3. The maximum atomic E-state index is 13.0. The van der Waals surface area contributed by atoms with E-state index in [9.17, 15) is 13.2 Å². The van der Waals surface area contributed by atoms with Crippen LogP contribution in [0, 0.1) is 5.41 Å². The zero-order valence-corrected chi connectivity index (χ0v) is 19.6. The fourth-order valence-electron chi connectivity index (χ4n) is 3.75. The van der Waals surface area contributed by atoms with Gasteiger partial charge in [0.2, 0.25) is 5.91 Å². The number of amides is 1. The van der Waals surface area contributed by atoms with E-state index in [1.165, 1.54) is 6.26 Å². The summed E-state index contributed by atoms with van der Waals surface area (Å²) in [5, 5.41) is 10.6. The molecule has 0 saturated carbocycles. The Morgan fingerprint density at radius 1 is 1.09 bits per heavy atom. The van der Waals surface area contributed by atoms with Crippen LogP contribution in [0.4, 0.5) is 11.4 Å². The van der Waals surface area contributed by atoms with Crippen molar-refractivity contribution in [2.45, 2.75) is 10.9 Å². The quantitative estimate of drug-likeness (QED) is 0.367. The van der Waals surface area contributed by atoms with Gasteiger partial charge in [0, 0.05) is 34.5 Å². The fraction of sp³-hybridized carbons (Fsp3) is 0.167. The molecule has 1 unspecified atom stereocenters. The van der Waals surface area contributed by atoms with E-state index in [0.29, 0.717) is 28.4 Å². The smallest absolute Gasteiger partial charge is 0.247 e. The largest absolute Gasteiger partial charge is 0.384 e. The standard InChI is InChI=1S/C24H24N4O3S2/c1-33(30,31)22-8-3-2-7-20(22)16-9-11-18(12-10-16)27-24(29)21-14-32-15-28(21)19-6-4-5-17(13-19)23(25)26/h2-13,21H,14-15H2,1H3,(H3,25,26)(H,27,29). The summed E-state index contributed by atoms with van der Waals surface area (Å²) in [6.07, 6.45) is 1.19. The second kappa shape index (κ2) is 9.29. The summed E-state index contributed by atoms with van der Waals surface area (Å²) < 4.78 is 24.2. The molecule has 0 spiro atoms. The van der Waals surface area contributed by atoms with E-state index in [4.69, 9.17) is 11.1 Å². The van der Waals surface area contributed by atoms with E-state index in [-0.39, 0.29) is 22.7 Å². The third kappa shape index (κ3) is 5.04. The van der Waals surface area contributed by atoms with Crippen LogP contribution in [0.2, 0.25) is 0 Å². The zero-order chi connectivity index (χ0) is 23.6. The minimum atomic E-state index is -3.36. The summed E-state index contributed by atoms with van der Waals surface area (Å²) >= 11 is 1.67. The maximum Gasteiger partial charge on any atom is 0.247 e. The number of nitrogens with one attached hydrogen (secondary N) is 2. The summed E-state index contributed by atoms with van der Waals surface area (Å²) in [6.45, 7) is 0. The molecule has 170 valence electrons. The summed E-state index contributed by atoms with van der Waals surface area (Å²) in [4.78, 5) is 15.3. The molecule has 1 amide bonds. The zero-order valence-electron chi connectivity index (χ0n) is 18.0. The molecule has 1 aliphatic heterocycles. The molecule has 0 bridgehead atoms. The monoisotopic (exact) mass is 480 g/mol. The number of sulfone groups is 1. The molecule has 3 aromatic carbocycles. The van der Waals surface area contributed by atoms with E-state index in [2.05, 4.69) is 5.32 Å². The molecule has 7 nitrogen and oxygen atoms in total. The van der Waals surface area contributed by atoms with Gasteiger partial charge in [-0.3, -0.25) is 10.2 Å². The van der Waals surface area contributed by atoms with Crippen molar-refractivity contribution in [2.24, 2.45) is 5.73 Å². The van der Waals surface area contributed by atoms with Gasteiger partial charge in [-0.2, -0.15) is 0 Å². The second-order valence-electron chi connectivity index (χ2n) is 7.78. The van der Waals surface area contributed by atoms with Gasteiger partial charge in [0.05, 0.1) is 10.8 Å². The molecule has 0 aromatic heterocycles. The van der Waals surface area contributed by atoms with Crippen molar-refractivity contribution in [1.82, 2.24) is 0 Å². The first-order chi connectivity index (χ1) is 15.7. The van der Waals surface area contributed by atoms with Gasteiger partial charge in [0.25, 0.3) is 0 Å². The molecule has 9 heteroatoms. The number of nitrogen functional groups attached to an aromatic ring is 1. The third-order valence-electron chi connectivity index (χ3n) is 5.42. The van der Waals surface area contributed by atoms with Crippen molar-refractivity contribution in [1.29, 1.82) is 5.41 Å². The molecule has 4 N–H and O–H groups in total. The van der Waals surface area contributed by atoms with Gasteiger partial charge in [-0.05, 0) is 35.9 Å². The van der Waals surface area contributed by atoms with Gasteiger partial charge in [-0.25, -0.2) is 8.42 Å². The van der Waals surface area contributed by atoms with Crippen LogP contribution in [-0.4, -0.2) is 44.1 Å². The van der Waals surface area contributed by atoms with Crippen LogP contribution >= 0.6 is 11.8 Å². The van der Waals surface area contributed by atoms with Gasteiger partial charge in [0.1, 0.15) is 11.9 Å². The lowest BCUT2D eigenvalue weighted by atomic mass is 10.1. The van der Waals surface area contributed by atoms with Crippen LogP contribution in [0.1, 0.15) is 5.56 Å². The molecule has 1 aliphatic rings. The fourth-order valence-corrected chi connectivity index (χ4v) is 5.85. The number of rotatable bonds is 6. The van der Waals surface area contributed by atoms with Gasteiger partial charge in [-0.15, -0.1) is 11.8 Å². The summed E-state index contributed by atoms with van der Waals surface area (Å²) in [5.41, 5.74) is 9.10. The maximum absolute atomic E-state index is 13.0. The van der Waals surface area contributed by atoms with Gasteiger partial charge in [-0.1, -0.05) is 42.5 Å². The highest BCUT2D eigenvalue weighted by molar-refractivity contribution is 7.99. The van der Waals surface area contributed by atoms with Crippen molar-refractivity contribution in [2.75, 3.05) is 28.1 Å². The summed E-state index contributed by atoms with van der Waals surface area (Å²) in [6, 6.07) is 21.0. The van der Waals surface area contributed by atoms with Gasteiger partial charge in [0.15, 0.2) is 9.84 Å². The Morgan fingerprint density at radius 3 is 2.52 bits per heavy atom. The predicted molar refractivity (Wildman–Crippen MR) is 135 cm³/mol. The Bertz CT molecular complexity index is 1310. The van der Waals surface area contributed by atoms with E-state index in [0.717, 1.165) is 11.3 Å². The molecule has 1 fully saturated rings. The van der Waals surface area contributed by atoms with Crippen LogP contribution in [-0.2, 0) is 14.6 Å². The molecule has 1 atom stereocenters. The lowest BCUT2D eigenvalue weighted by Gasteiger charge is -2.25. The predicted octanol–water partition coefficient (Wildman–Crippen LogP) is 3.56. The number of nitrogens with two attached hydrogens (primary N) is 1. The molecule has 4 rings (SSSR count). The second-order valence-corrected chi connectivity index (χ2v) is 10.8. The van der Waals surface area contributed by atoms with E-state index >= 15 is 0 Å². The number of carbonyl (C=O) groups excluding carboxylic acids is 1. The lowest BCUT2D eigenvalue weighted by molar-refractivity contribution is -0.116. The van der Waals surface area contributed by atoms with Crippen LogP contribution in [0.5, 0.6) is 0 Å². The molecule has 0 aliphatic carbocycles. The Kier molecular flexibility index (Phi) is 6.44. The van der Waals surface area contributed by atoms with Crippen molar-refractivity contribution in [3.63, 3.8) is 0 Å². The van der Waals surface area contributed by atoms with E-state index < -0.39 is 9.84 Å². The highest BCUT2D eigenvalue weighted by Crippen LogP contribution is 2.30. The highest BCUT2D eigenvalue weighted by Gasteiger charge is 2.31. The number of nitrogens with zero attached hydrogens (tertiary/aromatic N) is 1. The molecule has 0 radical (unpaired) electrons. The normalized spacial score (nSPS) is 15.9. The summed E-state index contributed by atoms with van der Waals surface area (Å²) in [7, 11) is -3.36. The molecular weight excluding hydrogens is 456 g/mol. The average Bonchev–Trinajstić information content (AvgIpc) is 3.29. The molecule has 3 aromatic rings. The van der Waals surface area contributed by atoms with Crippen molar-refractivity contribution < 1.29 is 13.2 Å². The van der Waals surface area contributed by atoms with Gasteiger partial charge >= 0.3 is 0 Å². The van der Waals surface area contributed by atoms with Crippen LogP contribution in [0.25, 0.3) is 11.1 Å². The average molecular weight is 481 g/mol.